The highest BCUT2D eigenvalue weighted by Gasteiger charge is 2.33. The molecule has 4 heteroatoms. The molecular weight excluding hydrogens is 324 g/mol. The number of aryl methyl sites for hydroxylation is 1. The number of carbonyl (C=O) groups excluding carboxylic acids is 2. The van der Waals surface area contributed by atoms with Crippen molar-refractivity contribution >= 4 is 11.6 Å². The quantitative estimate of drug-likeness (QED) is 0.472. The van der Waals surface area contributed by atoms with Gasteiger partial charge in [-0.05, 0) is 6.42 Å². The lowest BCUT2D eigenvalue weighted by molar-refractivity contribution is 0.0971. The second-order valence-electron chi connectivity index (χ2n) is 7.17. The first-order chi connectivity index (χ1) is 12.7. The molecule has 1 heterocycles. The van der Waals surface area contributed by atoms with Crippen molar-refractivity contribution in [3.63, 3.8) is 0 Å². The molecule has 4 nitrogen and oxygen atoms in total. The molecule has 0 unspecified atom stereocenters. The summed E-state index contributed by atoms with van der Waals surface area (Å²) in [5, 5.41) is 0. The Bertz CT molecular complexity index is 776. The third-order valence-electron chi connectivity index (χ3n) is 5.19. The van der Waals surface area contributed by atoms with Crippen molar-refractivity contribution in [2.24, 2.45) is 0 Å². The Hall–Kier alpha value is -2.23. The molecule has 1 aliphatic rings. The SMILES string of the molecule is CCCCCCCCCCCn1cnc2c1C(=O)c1ccccc1C2=O. The summed E-state index contributed by atoms with van der Waals surface area (Å²) in [6.07, 6.45) is 13.0. The normalized spacial score (nSPS) is 13.0. The van der Waals surface area contributed by atoms with Gasteiger partial charge in [-0.3, -0.25) is 9.59 Å². The largest absolute Gasteiger partial charge is 0.327 e. The first kappa shape index (κ1) is 18.6. The van der Waals surface area contributed by atoms with Crippen LogP contribution < -0.4 is 0 Å². The maximum absolute atomic E-state index is 12.8. The first-order valence-electron chi connectivity index (χ1n) is 9.97. The van der Waals surface area contributed by atoms with Gasteiger partial charge in [-0.25, -0.2) is 4.98 Å². The second kappa shape index (κ2) is 8.93. The maximum atomic E-state index is 12.8. The van der Waals surface area contributed by atoms with E-state index in [4.69, 9.17) is 0 Å². The Morgan fingerprint density at radius 1 is 0.808 bits per heavy atom. The highest BCUT2D eigenvalue weighted by atomic mass is 16.1. The lowest BCUT2D eigenvalue weighted by Crippen LogP contribution is -2.23. The fourth-order valence-corrected chi connectivity index (χ4v) is 3.68. The third kappa shape index (κ3) is 3.95. The van der Waals surface area contributed by atoms with E-state index in [1.807, 2.05) is 4.57 Å². The van der Waals surface area contributed by atoms with Gasteiger partial charge in [0.05, 0.1) is 6.33 Å². The van der Waals surface area contributed by atoms with E-state index >= 15 is 0 Å². The van der Waals surface area contributed by atoms with E-state index in [0.29, 0.717) is 22.5 Å². The minimum atomic E-state index is -0.138. The first-order valence-corrected chi connectivity index (χ1v) is 9.97. The number of aromatic nitrogens is 2. The molecule has 138 valence electrons. The Morgan fingerprint density at radius 3 is 2.04 bits per heavy atom. The number of hydrogen-bond donors (Lipinski definition) is 0. The average molecular weight is 352 g/mol. The van der Waals surface area contributed by atoms with Gasteiger partial charge < -0.3 is 4.57 Å². The fourth-order valence-electron chi connectivity index (χ4n) is 3.68. The summed E-state index contributed by atoms with van der Waals surface area (Å²) in [5.74, 6) is -0.218. The van der Waals surface area contributed by atoms with Gasteiger partial charge >= 0.3 is 0 Å². The van der Waals surface area contributed by atoms with Crippen LogP contribution in [0.25, 0.3) is 0 Å². The van der Waals surface area contributed by atoms with E-state index in [-0.39, 0.29) is 11.6 Å². The number of unbranched alkanes of at least 4 members (excludes halogenated alkanes) is 8. The number of rotatable bonds is 10. The number of carbonyl (C=O) groups is 2. The third-order valence-corrected chi connectivity index (χ3v) is 5.19. The molecule has 26 heavy (non-hydrogen) atoms. The van der Waals surface area contributed by atoms with Crippen LogP contribution in [0, 0.1) is 0 Å². The van der Waals surface area contributed by atoms with Gasteiger partial charge in [-0.1, -0.05) is 82.6 Å². The summed E-state index contributed by atoms with van der Waals surface area (Å²) in [6, 6.07) is 7.02. The minimum absolute atomic E-state index is 0.0800. The topological polar surface area (TPSA) is 52.0 Å². The zero-order valence-electron chi connectivity index (χ0n) is 15.7. The van der Waals surface area contributed by atoms with Gasteiger partial charge in [-0.15, -0.1) is 0 Å². The van der Waals surface area contributed by atoms with Crippen LogP contribution in [0.1, 0.15) is 96.8 Å². The van der Waals surface area contributed by atoms with Gasteiger partial charge in [-0.2, -0.15) is 0 Å². The predicted molar refractivity (Wildman–Crippen MR) is 103 cm³/mol. The summed E-state index contributed by atoms with van der Waals surface area (Å²) >= 11 is 0. The molecule has 0 aliphatic heterocycles. The zero-order chi connectivity index (χ0) is 18.4. The Labute approximate surface area is 155 Å². The summed E-state index contributed by atoms with van der Waals surface area (Å²) in [5.41, 5.74) is 1.75. The van der Waals surface area contributed by atoms with Crippen LogP contribution in [-0.2, 0) is 6.54 Å². The van der Waals surface area contributed by atoms with E-state index in [1.165, 1.54) is 44.9 Å². The van der Waals surface area contributed by atoms with Crippen LogP contribution in [0.3, 0.4) is 0 Å². The number of benzene rings is 1. The van der Waals surface area contributed by atoms with Crippen molar-refractivity contribution in [1.29, 1.82) is 0 Å². The molecular formula is C22H28N2O2. The van der Waals surface area contributed by atoms with Crippen LogP contribution in [-0.4, -0.2) is 21.1 Å². The Morgan fingerprint density at radius 2 is 1.38 bits per heavy atom. The Balaban J connectivity index is 1.52. The molecule has 0 atom stereocenters. The number of nitrogens with zero attached hydrogens (tertiary/aromatic N) is 2. The number of ketones is 2. The molecule has 0 amide bonds. The highest BCUT2D eigenvalue weighted by Crippen LogP contribution is 2.26. The lowest BCUT2D eigenvalue weighted by Gasteiger charge is -2.15. The number of imidazole rings is 1. The molecule has 0 saturated heterocycles. The van der Waals surface area contributed by atoms with Crippen molar-refractivity contribution in [1.82, 2.24) is 9.55 Å². The maximum Gasteiger partial charge on any atom is 0.214 e. The molecule has 0 bridgehead atoms. The lowest BCUT2D eigenvalue weighted by atomic mass is 9.90. The van der Waals surface area contributed by atoms with Crippen molar-refractivity contribution in [2.75, 3.05) is 0 Å². The van der Waals surface area contributed by atoms with Gasteiger partial charge in [0, 0.05) is 17.7 Å². The molecule has 2 aromatic rings. The summed E-state index contributed by atoms with van der Waals surface area (Å²) in [6.45, 7) is 2.99. The van der Waals surface area contributed by atoms with Crippen LogP contribution in [0.4, 0.5) is 0 Å². The monoisotopic (exact) mass is 352 g/mol. The predicted octanol–water partition coefficient (Wildman–Crippen LogP) is 5.19. The van der Waals surface area contributed by atoms with E-state index < -0.39 is 0 Å². The van der Waals surface area contributed by atoms with Crippen molar-refractivity contribution in [2.45, 2.75) is 71.3 Å². The van der Waals surface area contributed by atoms with Crippen molar-refractivity contribution < 1.29 is 9.59 Å². The summed E-state index contributed by atoms with van der Waals surface area (Å²) in [4.78, 5) is 29.6. The molecule has 3 rings (SSSR count). The highest BCUT2D eigenvalue weighted by molar-refractivity contribution is 6.27. The molecule has 1 aromatic carbocycles. The molecule has 1 aromatic heterocycles. The van der Waals surface area contributed by atoms with Crippen LogP contribution >= 0.6 is 0 Å². The fraction of sp³-hybridized carbons (Fsp3) is 0.500. The molecule has 0 saturated carbocycles. The van der Waals surface area contributed by atoms with Gasteiger partial charge in [0.1, 0.15) is 11.4 Å². The standard InChI is InChI=1S/C22H28N2O2/c1-2-3-4-5-6-7-8-9-12-15-24-16-23-19-20(24)22(26)18-14-11-10-13-17(18)21(19)25/h10-11,13-14,16H,2-9,12,15H2,1H3. The number of fused-ring (bicyclic) bond motifs is 2. The van der Waals surface area contributed by atoms with Gasteiger partial charge in [0.25, 0.3) is 0 Å². The van der Waals surface area contributed by atoms with Crippen molar-refractivity contribution in [3.05, 3.63) is 53.1 Å². The van der Waals surface area contributed by atoms with Crippen LogP contribution in [0.2, 0.25) is 0 Å². The minimum Gasteiger partial charge on any atom is -0.327 e. The van der Waals surface area contributed by atoms with E-state index in [9.17, 15) is 9.59 Å². The smallest absolute Gasteiger partial charge is 0.214 e. The average Bonchev–Trinajstić information content (AvgIpc) is 3.09. The zero-order valence-corrected chi connectivity index (χ0v) is 15.7. The molecule has 0 fully saturated rings. The summed E-state index contributed by atoms with van der Waals surface area (Å²) < 4.78 is 1.87. The Kier molecular flexibility index (Phi) is 6.37. The van der Waals surface area contributed by atoms with E-state index in [1.54, 1.807) is 30.6 Å². The molecule has 0 radical (unpaired) electrons. The molecule has 1 aliphatic carbocycles. The molecule has 0 N–H and O–H groups in total. The van der Waals surface area contributed by atoms with Crippen LogP contribution in [0.5, 0.6) is 0 Å². The number of hydrogen-bond acceptors (Lipinski definition) is 3. The van der Waals surface area contributed by atoms with E-state index in [0.717, 1.165) is 19.4 Å². The van der Waals surface area contributed by atoms with Gasteiger partial charge in [0.15, 0.2) is 0 Å². The molecule has 0 spiro atoms. The van der Waals surface area contributed by atoms with Crippen LogP contribution in [0.15, 0.2) is 30.6 Å². The van der Waals surface area contributed by atoms with Gasteiger partial charge in [0.2, 0.25) is 11.6 Å². The van der Waals surface area contributed by atoms with Crippen molar-refractivity contribution in [3.8, 4) is 0 Å². The van der Waals surface area contributed by atoms with E-state index in [2.05, 4.69) is 11.9 Å². The summed E-state index contributed by atoms with van der Waals surface area (Å²) in [7, 11) is 0. The second-order valence-corrected chi connectivity index (χ2v) is 7.17.